The van der Waals surface area contributed by atoms with Crippen molar-refractivity contribution in [3.05, 3.63) is 0 Å². The zero-order valence-electron chi connectivity index (χ0n) is 14.8. The van der Waals surface area contributed by atoms with Gasteiger partial charge in [-0.25, -0.2) is 0 Å². The molecule has 1 fully saturated rings. The Bertz CT molecular complexity index is 429. The second-order valence-electron chi connectivity index (χ2n) is 6.09. The third-order valence-corrected chi connectivity index (χ3v) is 3.56. The highest BCUT2D eigenvalue weighted by Crippen LogP contribution is 2.20. The van der Waals surface area contributed by atoms with Crippen LogP contribution in [0.5, 0.6) is 0 Å². The number of likely N-dealkylation sites (tertiary alicyclic amines) is 1. The molecule has 0 aliphatic carbocycles. The highest BCUT2D eigenvalue weighted by atomic mass is 127. The van der Waals surface area contributed by atoms with Gasteiger partial charge in [-0.1, -0.05) is 0 Å². The first-order valence-corrected chi connectivity index (χ1v) is 8.08. The van der Waals surface area contributed by atoms with Crippen LogP contribution in [-0.2, 0) is 0 Å². The quantitative estimate of drug-likeness (QED) is 0.241. The number of halogens is 7. The fraction of sp³-hybridized carbons (Fsp3) is 0.929. The molecular formula is C14H26F6IN5. The van der Waals surface area contributed by atoms with Crippen LogP contribution in [0.1, 0.15) is 13.3 Å². The molecule has 12 heteroatoms. The van der Waals surface area contributed by atoms with Crippen molar-refractivity contribution in [2.75, 3.05) is 52.9 Å². The predicted octanol–water partition coefficient (Wildman–Crippen LogP) is 2.29. The molecule has 0 aromatic heterocycles. The van der Waals surface area contributed by atoms with Crippen molar-refractivity contribution in [1.82, 2.24) is 20.4 Å². The summed E-state index contributed by atoms with van der Waals surface area (Å²) < 4.78 is 73.9. The molecule has 0 spiro atoms. The smallest absolute Gasteiger partial charge is 0.357 e. The van der Waals surface area contributed by atoms with E-state index < -0.39 is 25.4 Å². The van der Waals surface area contributed by atoms with Crippen molar-refractivity contribution in [2.24, 2.45) is 4.99 Å². The van der Waals surface area contributed by atoms with E-state index in [1.165, 1.54) is 11.9 Å². The largest absolute Gasteiger partial charge is 0.401 e. The summed E-state index contributed by atoms with van der Waals surface area (Å²) in [6, 6.07) is -0.173. The number of hydrogen-bond donors (Lipinski definition) is 2. The van der Waals surface area contributed by atoms with Crippen LogP contribution in [0.25, 0.3) is 0 Å². The van der Waals surface area contributed by atoms with E-state index in [0.29, 0.717) is 25.5 Å². The van der Waals surface area contributed by atoms with Gasteiger partial charge in [0.1, 0.15) is 0 Å². The van der Waals surface area contributed by atoms with E-state index in [9.17, 15) is 26.3 Å². The average molecular weight is 505 g/mol. The number of guanidine groups is 1. The molecule has 1 saturated heterocycles. The van der Waals surface area contributed by atoms with E-state index in [4.69, 9.17) is 0 Å². The summed E-state index contributed by atoms with van der Waals surface area (Å²) in [4.78, 5) is 6.63. The first-order chi connectivity index (χ1) is 11.5. The Morgan fingerprint density at radius 1 is 1.19 bits per heavy atom. The van der Waals surface area contributed by atoms with Gasteiger partial charge in [0.15, 0.2) is 5.96 Å². The molecule has 5 nitrogen and oxygen atoms in total. The van der Waals surface area contributed by atoms with Gasteiger partial charge >= 0.3 is 12.4 Å². The molecule has 0 bridgehead atoms. The molecule has 1 unspecified atom stereocenters. The molecular weight excluding hydrogens is 479 g/mol. The summed E-state index contributed by atoms with van der Waals surface area (Å²) in [6.07, 6.45) is -7.93. The van der Waals surface area contributed by atoms with Gasteiger partial charge in [0, 0.05) is 32.2 Å². The molecule has 2 N–H and O–H groups in total. The summed E-state index contributed by atoms with van der Waals surface area (Å²) in [5.41, 5.74) is 0. The van der Waals surface area contributed by atoms with Gasteiger partial charge in [-0.05, 0) is 20.4 Å². The van der Waals surface area contributed by atoms with Gasteiger partial charge in [0.05, 0.1) is 19.6 Å². The summed E-state index contributed by atoms with van der Waals surface area (Å²) >= 11 is 0. The SMILES string of the molecule is CCNC(=NCCN(C)CC(F)(F)F)NC1CCN(CC(F)(F)F)C1.I. The van der Waals surface area contributed by atoms with E-state index in [0.717, 1.165) is 4.90 Å². The number of likely N-dealkylation sites (N-methyl/N-ethyl adjacent to an activating group) is 1. The van der Waals surface area contributed by atoms with E-state index in [1.54, 1.807) is 0 Å². The molecule has 0 aromatic rings. The Labute approximate surface area is 166 Å². The molecule has 0 amide bonds. The lowest BCUT2D eigenvalue weighted by Crippen LogP contribution is -2.45. The van der Waals surface area contributed by atoms with Crippen LogP contribution in [0, 0.1) is 0 Å². The number of rotatable bonds is 7. The number of aliphatic imine (C=N–C) groups is 1. The Hall–Kier alpha value is -0.500. The van der Waals surface area contributed by atoms with Crippen LogP contribution in [0.4, 0.5) is 26.3 Å². The van der Waals surface area contributed by atoms with Crippen molar-refractivity contribution < 1.29 is 26.3 Å². The number of alkyl halides is 6. The molecule has 0 saturated carbocycles. The maximum atomic E-state index is 12.4. The van der Waals surface area contributed by atoms with E-state index >= 15 is 0 Å². The molecule has 0 aromatic carbocycles. The maximum absolute atomic E-state index is 12.4. The van der Waals surface area contributed by atoms with E-state index in [2.05, 4.69) is 15.6 Å². The van der Waals surface area contributed by atoms with Gasteiger partial charge in [0.25, 0.3) is 0 Å². The lowest BCUT2D eigenvalue weighted by molar-refractivity contribution is -0.144. The van der Waals surface area contributed by atoms with Gasteiger partial charge < -0.3 is 10.6 Å². The second-order valence-corrected chi connectivity index (χ2v) is 6.09. The standard InChI is InChI=1S/C14H25F6N5.HI/c1-3-21-12(22-5-7-24(2)9-13(15,16)17)23-11-4-6-25(8-11)10-14(18,19)20;/h11H,3-10H2,1-2H3,(H2,21,22,23);1H. The van der Waals surface area contributed by atoms with Gasteiger partial charge in [0.2, 0.25) is 0 Å². The number of nitrogens with one attached hydrogen (secondary N) is 2. The first kappa shape index (κ1) is 25.5. The second kappa shape index (κ2) is 11.4. The highest BCUT2D eigenvalue weighted by molar-refractivity contribution is 14.0. The van der Waals surface area contributed by atoms with Gasteiger partial charge in [-0.15, -0.1) is 24.0 Å². The molecule has 1 heterocycles. The van der Waals surface area contributed by atoms with Crippen molar-refractivity contribution >= 4 is 29.9 Å². The Kier molecular flexibility index (Phi) is 11.1. The Morgan fingerprint density at radius 3 is 2.38 bits per heavy atom. The van der Waals surface area contributed by atoms with E-state index in [1.807, 2.05) is 6.92 Å². The molecule has 1 rings (SSSR count). The Morgan fingerprint density at radius 2 is 1.85 bits per heavy atom. The summed E-state index contributed by atoms with van der Waals surface area (Å²) in [5, 5.41) is 6.00. The average Bonchev–Trinajstić information content (AvgIpc) is 2.81. The molecule has 156 valence electrons. The fourth-order valence-corrected chi connectivity index (χ4v) is 2.58. The third-order valence-electron chi connectivity index (χ3n) is 3.56. The minimum absolute atomic E-state index is 0. The normalized spacial score (nSPS) is 19.6. The van der Waals surface area contributed by atoms with Crippen LogP contribution >= 0.6 is 24.0 Å². The van der Waals surface area contributed by atoms with Crippen molar-refractivity contribution in [3.8, 4) is 0 Å². The first-order valence-electron chi connectivity index (χ1n) is 8.08. The van der Waals surface area contributed by atoms with Crippen LogP contribution in [0.15, 0.2) is 4.99 Å². The fourth-order valence-electron chi connectivity index (χ4n) is 2.58. The molecule has 26 heavy (non-hydrogen) atoms. The maximum Gasteiger partial charge on any atom is 0.401 e. The minimum Gasteiger partial charge on any atom is -0.357 e. The predicted molar refractivity (Wildman–Crippen MR) is 99.0 cm³/mol. The van der Waals surface area contributed by atoms with Crippen molar-refractivity contribution in [3.63, 3.8) is 0 Å². The van der Waals surface area contributed by atoms with Gasteiger partial charge in [-0.2, -0.15) is 26.3 Å². The zero-order chi connectivity index (χ0) is 19.1. The summed E-state index contributed by atoms with van der Waals surface area (Å²) in [7, 11) is 1.36. The lowest BCUT2D eigenvalue weighted by Gasteiger charge is -2.20. The monoisotopic (exact) mass is 505 g/mol. The van der Waals surface area contributed by atoms with Crippen molar-refractivity contribution in [2.45, 2.75) is 31.7 Å². The zero-order valence-corrected chi connectivity index (χ0v) is 17.1. The van der Waals surface area contributed by atoms with E-state index in [-0.39, 0.29) is 49.7 Å². The van der Waals surface area contributed by atoms with Gasteiger partial charge in [-0.3, -0.25) is 14.8 Å². The van der Waals surface area contributed by atoms with Crippen LogP contribution in [0.3, 0.4) is 0 Å². The minimum atomic E-state index is -4.26. The molecule has 1 aliphatic rings. The topological polar surface area (TPSA) is 42.9 Å². The molecule has 0 radical (unpaired) electrons. The lowest BCUT2D eigenvalue weighted by atomic mass is 10.3. The van der Waals surface area contributed by atoms with Crippen LogP contribution in [-0.4, -0.2) is 87.0 Å². The number of nitrogens with zero attached hydrogens (tertiary/aromatic N) is 3. The Balaban J connectivity index is 0.00000625. The molecule has 1 aliphatic heterocycles. The van der Waals surface area contributed by atoms with Crippen molar-refractivity contribution in [1.29, 1.82) is 0 Å². The number of hydrogen-bond acceptors (Lipinski definition) is 3. The molecule has 1 atom stereocenters. The summed E-state index contributed by atoms with van der Waals surface area (Å²) in [6.45, 7) is 1.29. The highest BCUT2D eigenvalue weighted by Gasteiger charge is 2.34. The third kappa shape index (κ3) is 12.0. The van der Waals surface area contributed by atoms with Crippen LogP contribution < -0.4 is 10.6 Å². The summed E-state index contributed by atoms with van der Waals surface area (Å²) in [5.74, 6) is 0.404. The van der Waals surface area contributed by atoms with Crippen LogP contribution in [0.2, 0.25) is 0 Å².